The molecule has 0 saturated carbocycles. The smallest absolute Gasteiger partial charge is 0.256 e. The summed E-state index contributed by atoms with van der Waals surface area (Å²) in [6, 6.07) is 1.92. The summed E-state index contributed by atoms with van der Waals surface area (Å²) in [5.41, 5.74) is 7.54. The molecule has 2 N–H and O–H groups in total. The van der Waals surface area contributed by atoms with Gasteiger partial charge in [0.05, 0.1) is 6.10 Å². The third kappa shape index (κ3) is 2.36. The minimum absolute atomic E-state index is 0.0977. The molecule has 0 aliphatic carbocycles. The van der Waals surface area contributed by atoms with E-state index in [9.17, 15) is 0 Å². The predicted molar refractivity (Wildman–Crippen MR) is 68.2 cm³/mol. The molecule has 2 unspecified atom stereocenters. The van der Waals surface area contributed by atoms with E-state index in [1.54, 1.807) is 12.4 Å². The van der Waals surface area contributed by atoms with Crippen molar-refractivity contribution in [3.05, 3.63) is 29.9 Å². The van der Waals surface area contributed by atoms with Crippen LogP contribution in [-0.2, 0) is 4.74 Å². The molecule has 3 heterocycles. The summed E-state index contributed by atoms with van der Waals surface area (Å²) in [6.07, 6.45) is 5.25. The Hall–Kier alpha value is -1.79. The molecule has 0 spiro atoms. The lowest BCUT2D eigenvalue weighted by molar-refractivity contribution is 0.0307. The van der Waals surface area contributed by atoms with Crippen molar-refractivity contribution in [3.8, 4) is 11.4 Å². The number of hydrogen-bond acceptors (Lipinski definition) is 6. The molecule has 0 bridgehead atoms. The number of aryl methyl sites for hydroxylation is 1. The number of pyridine rings is 1. The first-order valence-electron chi connectivity index (χ1n) is 6.38. The Kier molecular flexibility index (Phi) is 3.27. The lowest BCUT2D eigenvalue weighted by Crippen LogP contribution is -2.18. The summed E-state index contributed by atoms with van der Waals surface area (Å²) in [5.74, 6) is 1.08. The molecule has 0 radical (unpaired) electrons. The van der Waals surface area contributed by atoms with Gasteiger partial charge in [-0.3, -0.25) is 4.98 Å². The Morgan fingerprint density at radius 2 is 2.32 bits per heavy atom. The summed E-state index contributed by atoms with van der Waals surface area (Å²) < 4.78 is 11.0. The van der Waals surface area contributed by atoms with Crippen LogP contribution in [0.4, 0.5) is 0 Å². The molecule has 3 rings (SSSR count). The summed E-state index contributed by atoms with van der Waals surface area (Å²) in [5, 5.41) is 4.01. The van der Waals surface area contributed by atoms with Crippen LogP contribution in [0.2, 0.25) is 0 Å². The first kappa shape index (κ1) is 12.3. The maximum absolute atomic E-state index is 5.74. The molecule has 1 aliphatic heterocycles. The van der Waals surface area contributed by atoms with Crippen molar-refractivity contribution in [2.24, 2.45) is 5.73 Å². The highest BCUT2D eigenvalue weighted by atomic mass is 16.5. The highest BCUT2D eigenvalue weighted by Crippen LogP contribution is 2.32. The van der Waals surface area contributed by atoms with E-state index < -0.39 is 0 Å². The number of ether oxygens (including phenoxy) is 1. The summed E-state index contributed by atoms with van der Waals surface area (Å²) in [6.45, 7) is 2.52. The van der Waals surface area contributed by atoms with Crippen LogP contribution in [0.3, 0.4) is 0 Å². The lowest BCUT2D eigenvalue weighted by atomic mass is 10.1. The second kappa shape index (κ2) is 5.07. The maximum Gasteiger partial charge on any atom is 0.256 e. The second-order valence-electron chi connectivity index (χ2n) is 4.71. The Balaban J connectivity index is 1.82. The Bertz CT molecular complexity index is 569. The van der Waals surface area contributed by atoms with Gasteiger partial charge in [-0.15, -0.1) is 0 Å². The van der Waals surface area contributed by atoms with E-state index in [0.717, 1.165) is 24.0 Å². The fourth-order valence-corrected chi connectivity index (χ4v) is 2.23. The van der Waals surface area contributed by atoms with Crippen LogP contribution < -0.4 is 5.73 Å². The molecule has 6 nitrogen and oxygen atoms in total. The van der Waals surface area contributed by atoms with Gasteiger partial charge in [-0.2, -0.15) is 4.98 Å². The van der Waals surface area contributed by atoms with Gasteiger partial charge in [0.1, 0.15) is 6.10 Å². The van der Waals surface area contributed by atoms with Crippen LogP contribution in [0.5, 0.6) is 0 Å². The largest absolute Gasteiger partial charge is 0.364 e. The van der Waals surface area contributed by atoms with Crippen molar-refractivity contribution in [2.45, 2.75) is 32.0 Å². The molecule has 2 atom stereocenters. The normalized spacial score (nSPS) is 22.8. The lowest BCUT2D eigenvalue weighted by Gasteiger charge is -2.07. The Morgan fingerprint density at radius 1 is 1.42 bits per heavy atom. The number of nitrogens with zero attached hydrogens (tertiary/aromatic N) is 3. The first-order chi connectivity index (χ1) is 9.28. The molecule has 2 aromatic rings. The number of hydrogen-bond donors (Lipinski definition) is 1. The van der Waals surface area contributed by atoms with Crippen LogP contribution >= 0.6 is 0 Å². The van der Waals surface area contributed by atoms with Crippen LogP contribution in [-0.4, -0.2) is 27.8 Å². The van der Waals surface area contributed by atoms with Crippen molar-refractivity contribution >= 4 is 0 Å². The molecule has 0 amide bonds. The zero-order valence-corrected chi connectivity index (χ0v) is 10.7. The van der Waals surface area contributed by atoms with Gasteiger partial charge < -0.3 is 15.0 Å². The van der Waals surface area contributed by atoms with Crippen LogP contribution in [0.15, 0.2) is 23.0 Å². The van der Waals surface area contributed by atoms with E-state index >= 15 is 0 Å². The fourth-order valence-electron chi connectivity index (χ4n) is 2.23. The molecule has 6 heteroatoms. The van der Waals surface area contributed by atoms with Crippen molar-refractivity contribution in [2.75, 3.05) is 6.54 Å². The van der Waals surface area contributed by atoms with Gasteiger partial charge in [-0.05, 0) is 31.4 Å². The monoisotopic (exact) mass is 260 g/mol. The third-order valence-electron chi connectivity index (χ3n) is 3.37. The van der Waals surface area contributed by atoms with Crippen molar-refractivity contribution in [1.82, 2.24) is 15.1 Å². The molecule has 0 aromatic carbocycles. The van der Waals surface area contributed by atoms with Gasteiger partial charge in [0.15, 0.2) is 0 Å². The van der Waals surface area contributed by atoms with Gasteiger partial charge in [-0.1, -0.05) is 5.16 Å². The van der Waals surface area contributed by atoms with E-state index in [1.165, 1.54) is 0 Å². The SMILES string of the molecule is Cc1ccncc1-c1noc(C2CCC(CN)O2)n1. The minimum atomic E-state index is -0.133. The Labute approximate surface area is 111 Å². The van der Waals surface area contributed by atoms with Crippen molar-refractivity contribution in [3.63, 3.8) is 0 Å². The zero-order valence-electron chi connectivity index (χ0n) is 10.7. The standard InChI is InChI=1S/C13H16N4O2/c1-8-4-5-15-7-10(8)12-16-13(19-17-12)11-3-2-9(6-14)18-11/h4-5,7,9,11H,2-3,6,14H2,1H3. The molecule has 100 valence electrons. The molecule has 1 fully saturated rings. The highest BCUT2D eigenvalue weighted by molar-refractivity contribution is 5.57. The number of nitrogens with two attached hydrogens (primary N) is 1. The topological polar surface area (TPSA) is 87.1 Å². The van der Waals surface area contributed by atoms with Crippen molar-refractivity contribution in [1.29, 1.82) is 0 Å². The summed E-state index contributed by atoms with van der Waals surface area (Å²) >= 11 is 0. The average Bonchev–Trinajstić information content (AvgIpc) is 3.08. The minimum Gasteiger partial charge on any atom is -0.364 e. The van der Waals surface area contributed by atoms with E-state index in [1.807, 2.05) is 13.0 Å². The first-order valence-corrected chi connectivity index (χ1v) is 6.38. The van der Waals surface area contributed by atoms with Gasteiger partial charge in [-0.25, -0.2) is 0 Å². The Morgan fingerprint density at radius 3 is 3.05 bits per heavy atom. The number of rotatable bonds is 3. The summed E-state index contributed by atoms with van der Waals surface area (Å²) in [7, 11) is 0. The molecular weight excluding hydrogens is 244 g/mol. The van der Waals surface area contributed by atoms with Crippen LogP contribution in [0, 0.1) is 6.92 Å². The highest BCUT2D eigenvalue weighted by Gasteiger charge is 2.30. The van der Waals surface area contributed by atoms with E-state index in [2.05, 4.69) is 15.1 Å². The van der Waals surface area contributed by atoms with E-state index in [-0.39, 0.29) is 12.2 Å². The van der Waals surface area contributed by atoms with Gasteiger partial charge in [0.25, 0.3) is 5.89 Å². The maximum atomic E-state index is 5.74. The van der Waals surface area contributed by atoms with Crippen LogP contribution in [0.25, 0.3) is 11.4 Å². The molecule has 2 aromatic heterocycles. The molecule has 1 saturated heterocycles. The predicted octanol–water partition coefficient (Wildman–Crippen LogP) is 1.62. The van der Waals surface area contributed by atoms with Gasteiger partial charge in [0.2, 0.25) is 5.82 Å². The molecule has 19 heavy (non-hydrogen) atoms. The zero-order chi connectivity index (χ0) is 13.2. The quantitative estimate of drug-likeness (QED) is 0.902. The van der Waals surface area contributed by atoms with Gasteiger partial charge >= 0.3 is 0 Å². The van der Waals surface area contributed by atoms with Crippen molar-refractivity contribution < 1.29 is 9.26 Å². The average molecular weight is 260 g/mol. The van der Waals surface area contributed by atoms with Gasteiger partial charge in [0, 0.05) is 24.5 Å². The third-order valence-corrected chi connectivity index (χ3v) is 3.37. The van der Waals surface area contributed by atoms with Crippen LogP contribution in [0.1, 0.15) is 30.4 Å². The molecular formula is C13H16N4O2. The van der Waals surface area contributed by atoms with E-state index in [4.69, 9.17) is 15.0 Å². The summed E-state index contributed by atoms with van der Waals surface area (Å²) in [4.78, 5) is 8.49. The fraction of sp³-hybridized carbons (Fsp3) is 0.462. The number of aromatic nitrogens is 3. The molecule has 1 aliphatic rings. The van der Waals surface area contributed by atoms with E-state index in [0.29, 0.717) is 18.3 Å². The second-order valence-corrected chi connectivity index (χ2v) is 4.71.